The Kier molecular flexibility index (Phi) is 5.54. The summed E-state index contributed by atoms with van der Waals surface area (Å²) in [5.74, 6) is 1.58. The second-order valence-electron chi connectivity index (χ2n) is 4.23. The van der Waals surface area contributed by atoms with Crippen molar-refractivity contribution in [1.82, 2.24) is 10.6 Å². The lowest BCUT2D eigenvalue weighted by Gasteiger charge is -2.24. The molecule has 0 spiro atoms. The van der Waals surface area contributed by atoms with Crippen LogP contribution < -0.4 is 10.6 Å². The minimum absolute atomic E-state index is 0.0392. The van der Waals surface area contributed by atoms with E-state index in [0.717, 1.165) is 11.6 Å². The fourth-order valence-corrected chi connectivity index (χ4v) is 2.32. The number of hydrogen-bond donors (Lipinski definition) is 3. The highest BCUT2D eigenvalue weighted by Crippen LogP contribution is 2.11. The van der Waals surface area contributed by atoms with Crippen LogP contribution in [0.2, 0.25) is 0 Å². The molecule has 0 bridgehead atoms. The molecule has 16 heavy (non-hydrogen) atoms. The third-order valence-corrected chi connectivity index (χ3v) is 3.46. The number of hydrogen-bond acceptors (Lipinski definition) is 5. The minimum atomic E-state index is -0.905. The summed E-state index contributed by atoms with van der Waals surface area (Å²) in [5, 5.41) is 15.8. The standard InChI is InChI=1S/C10H20N2O3S/c1-10(14,3-4-15-2)6-11-9(13)8-5-16-7-12-8/h8,12,14H,3-7H2,1-2H3,(H,11,13). The number of nitrogens with one attached hydrogen (secondary N) is 2. The van der Waals surface area contributed by atoms with Gasteiger partial charge in [0.1, 0.15) is 0 Å². The Balaban J connectivity index is 2.24. The van der Waals surface area contributed by atoms with E-state index in [1.807, 2.05) is 0 Å². The van der Waals surface area contributed by atoms with E-state index in [1.54, 1.807) is 25.8 Å². The van der Waals surface area contributed by atoms with Gasteiger partial charge in [0.25, 0.3) is 0 Å². The number of rotatable bonds is 6. The monoisotopic (exact) mass is 248 g/mol. The number of carbonyl (C=O) groups is 1. The molecule has 1 rings (SSSR count). The van der Waals surface area contributed by atoms with Gasteiger partial charge in [-0.15, -0.1) is 11.8 Å². The molecule has 1 aliphatic heterocycles. The molecular weight excluding hydrogens is 228 g/mol. The van der Waals surface area contributed by atoms with Crippen molar-refractivity contribution in [2.24, 2.45) is 0 Å². The van der Waals surface area contributed by atoms with Gasteiger partial charge in [-0.2, -0.15) is 0 Å². The van der Waals surface area contributed by atoms with Crippen molar-refractivity contribution in [3.63, 3.8) is 0 Å². The lowest BCUT2D eigenvalue weighted by Crippen LogP contribution is -2.48. The zero-order valence-electron chi connectivity index (χ0n) is 9.78. The van der Waals surface area contributed by atoms with Crippen LogP contribution in [0.25, 0.3) is 0 Å². The Morgan fingerprint density at radius 3 is 3.06 bits per heavy atom. The van der Waals surface area contributed by atoms with Crippen molar-refractivity contribution in [1.29, 1.82) is 0 Å². The van der Waals surface area contributed by atoms with E-state index in [2.05, 4.69) is 10.6 Å². The van der Waals surface area contributed by atoms with Gasteiger partial charge >= 0.3 is 0 Å². The molecule has 0 saturated carbocycles. The SMILES string of the molecule is COCCC(C)(O)CNC(=O)C1CSCN1. The lowest BCUT2D eigenvalue weighted by atomic mass is 10.0. The molecule has 5 nitrogen and oxygen atoms in total. The van der Waals surface area contributed by atoms with Crippen LogP contribution in [0, 0.1) is 0 Å². The van der Waals surface area contributed by atoms with Crippen LogP contribution in [0.4, 0.5) is 0 Å². The molecule has 94 valence electrons. The van der Waals surface area contributed by atoms with Crippen molar-refractivity contribution in [3.05, 3.63) is 0 Å². The number of carbonyl (C=O) groups excluding carboxylic acids is 1. The van der Waals surface area contributed by atoms with Gasteiger partial charge in [-0.1, -0.05) is 0 Å². The molecule has 1 saturated heterocycles. The molecule has 2 unspecified atom stereocenters. The summed E-state index contributed by atoms with van der Waals surface area (Å²) in [6.07, 6.45) is 0.511. The second-order valence-corrected chi connectivity index (χ2v) is 5.26. The van der Waals surface area contributed by atoms with Gasteiger partial charge in [0.2, 0.25) is 5.91 Å². The van der Waals surface area contributed by atoms with Crippen LogP contribution in [-0.2, 0) is 9.53 Å². The zero-order valence-corrected chi connectivity index (χ0v) is 10.6. The molecule has 6 heteroatoms. The summed E-state index contributed by atoms with van der Waals surface area (Å²) in [7, 11) is 1.59. The average Bonchev–Trinajstić information content (AvgIpc) is 2.77. The quantitative estimate of drug-likeness (QED) is 0.594. The van der Waals surface area contributed by atoms with Crippen LogP contribution in [0.1, 0.15) is 13.3 Å². The molecule has 2 atom stereocenters. The molecule has 1 fully saturated rings. The van der Waals surface area contributed by atoms with E-state index in [1.165, 1.54) is 0 Å². The average molecular weight is 248 g/mol. The number of aliphatic hydroxyl groups is 1. The first kappa shape index (κ1) is 13.8. The van der Waals surface area contributed by atoms with Crippen LogP contribution in [-0.4, -0.2) is 54.5 Å². The molecule has 1 amide bonds. The van der Waals surface area contributed by atoms with Crippen LogP contribution in [0.3, 0.4) is 0 Å². The Morgan fingerprint density at radius 2 is 2.50 bits per heavy atom. The Labute approximate surface area is 100 Å². The minimum Gasteiger partial charge on any atom is -0.388 e. The van der Waals surface area contributed by atoms with E-state index in [9.17, 15) is 9.90 Å². The predicted molar refractivity (Wildman–Crippen MR) is 64.4 cm³/mol. The molecule has 1 aliphatic rings. The van der Waals surface area contributed by atoms with E-state index in [4.69, 9.17) is 4.74 Å². The van der Waals surface area contributed by atoms with Gasteiger partial charge < -0.3 is 15.2 Å². The van der Waals surface area contributed by atoms with Gasteiger partial charge in [-0.25, -0.2) is 0 Å². The Hall–Kier alpha value is -0.300. The van der Waals surface area contributed by atoms with Crippen LogP contribution in [0.5, 0.6) is 0 Å². The number of amides is 1. The molecule has 0 aliphatic carbocycles. The van der Waals surface area contributed by atoms with E-state index < -0.39 is 5.60 Å². The third-order valence-electron chi connectivity index (χ3n) is 2.52. The fourth-order valence-electron chi connectivity index (χ4n) is 1.37. The summed E-state index contributed by atoms with van der Waals surface area (Å²) in [6, 6.07) is -0.122. The van der Waals surface area contributed by atoms with Gasteiger partial charge in [-0.3, -0.25) is 10.1 Å². The number of methoxy groups -OCH3 is 1. The normalized spacial score (nSPS) is 24.1. The summed E-state index contributed by atoms with van der Waals surface area (Å²) in [6.45, 7) is 2.45. The summed E-state index contributed by atoms with van der Waals surface area (Å²) < 4.78 is 4.90. The zero-order chi connectivity index (χ0) is 12.0. The molecule has 0 aromatic rings. The van der Waals surface area contributed by atoms with E-state index in [-0.39, 0.29) is 18.5 Å². The van der Waals surface area contributed by atoms with Gasteiger partial charge in [-0.05, 0) is 6.92 Å². The maximum atomic E-state index is 11.6. The smallest absolute Gasteiger partial charge is 0.238 e. The fraction of sp³-hybridized carbons (Fsp3) is 0.900. The number of thioether (sulfide) groups is 1. The number of ether oxygens (including phenoxy) is 1. The highest BCUT2D eigenvalue weighted by molar-refractivity contribution is 7.99. The van der Waals surface area contributed by atoms with Gasteiger partial charge in [0.15, 0.2) is 0 Å². The first-order valence-corrected chi connectivity index (χ1v) is 6.51. The largest absolute Gasteiger partial charge is 0.388 e. The first-order valence-electron chi connectivity index (χ1n) is 5.35. The van der Waals surface area contributed by atoms with Crippen molar-refractivity contribution < 1.29 is 14.6 Å². The van der Waals surface area contributed by atoms with Gasteiger partial charge in [0.05, 0.1) is 11.6 Å². The van der Waals surface area contributed by atoms with Crippen molar-refractivity contribution in [2.45, 2.75) is 25.0 Å². The predicted octanol–water partition coefficient (Wildman–Crippen LogP) is -0.447. The van der Waals surface area contributed by atoms with E-state index in [0.29, 0.717) is 13.0 Å². The Bertz CT molecular complexity index is 230. The maximum Gasteiger partial charge on any atom is 0.238 e. The van der Waals surface area contributed by atoms with Gasteiger partial charge in [0, 0.05) is 38.3 Å². The highest BCUT2D eigenvalue weighted by Gasteiger charge is 2.25. The first-order chi connectivity index (χ1) is 7.55. The molecular formula is C10H20N2O3S. The van der Waals surface area contributed by atoms with Crippen molar-refractivity contribution in [2.75, 3.05) is 31.9 Å². The summed E-state index contributed by atoms with van der Waals surface area (Å²) in [4.78, 5) is 11.6. The molecule has 0 aromatic heterocycles. The topological polar surface area (TPSA) is 70.6 Å². The Morgan fingerprint density at radius 1 is 1.75 bits per heavy atom. The van der Waals surface area contributed by atoms with Crippen LogP contribution >= 0.6 is 11.8 Å². The van der Waals surface area contributed by atoms with Crippen molar-refractivity contribution in [3.8, 4) is 0 Å². The van der Waals surface area contributed by atoms with Crippen molar-refractivity contribution >= 4 is 17.7 Å². The summed E-state index contributed by atoms with van der Waals surface area (Å²) >= 11 is 1.70. The van der Waals surface area contributed by atoms with E-state index >= 15 is 0 Å². The lowest BCUT2D eigenvalue weighted by molar-refractivity contribution is -0.123. The maximum absolute atomic E-state index is 11.6. The molecule has 3 N–H and O–H groups in total. The molecule has 0 radical (unpaired) electrons. The third kappa shape index (κ3) is 4.69. The highest BCUT2D eigenvalue weighted by atomic mass is 32.2. The second kappa shape index (κ2) is 6.44. The molecule has 1 heterocycles. The summed E-state index contributed by atoms with van der Waals surface area (Å²) in [5.41, 5.74) is -0.905. The molecule has 0 aromatic carbocycles. The van der Waals surface area contributed by atoms with Crippen LogP contribution in [0.15, 0.2) is 0 Å².